The summed E-state index contributed by atoms with van der Waals surface area (Å²) in [7, 11) is 0. The van der Waals surface area contributed by atoms with Crippen LogP contribution in [0.5, 0.6) is 0 Å². The molecule has 2 aromatic heterocycles. The Kier molecular flexibility index (Phi) is 5.35. The fraction of sp³-hybridized carbons (Fsp3) is 0.471. The summed E-state index contributed by atoms with van der Waals surface area (Å²) < 4.78 is 5.36. The monoisotopic (exact) mass is 348 g/mol. The number of anilines is 1. The average molecular weight is 349 g/mol. The Hall–Kier alpha value is -2.08. The third-order valence-corrected chi connectivity index (χ3v) is 4.61. The minimum atomic E-state index is 0.0522. The van der Waals surface area contributed by atoms with Gasteiger partial charge in [-0.15, -0.1) is 10.2 Å². The predicted octanol–water partition coefficient (Wildman–Crippen LogP) is 2.99. The van der Waals surface area contributed by atoms with E-state index in [-0.39, 0.29) is 11.8 Å². The number of hydrogen-bond acceptors (Lipinski definition) is 5. The first-order chi connectivity index (χ1) is 11.7. The maximum Gasteiger partial charge on any atom is 0.226 e. The number of carbonyl (C=O) groups is 1. The summed E-state index contributed by atoms with van der Waals surface area (Å²) in [4.78, 5) is 16.8. The van der Waals surface area contributed by atoms with Crippen molar-refractivity contribution in [2.45, 2.75) is 26.3 Å². The van der Waals surface area contributed by atoms with Crippen LogP contribution in [0.25, 0.3) is 0 Å². The summed E-state index contributed by atoms with van der Waals surface area (Å²) in [6.07, 6.45) is 3.27. The van der Waals surface area contributed by atoms with Gasteiger partial charge in [-0.25, -0.2) is 0 Å². The van der Waals surface area contributed by atoms with Gasteiger partial charge in [0.1, 0.15) is 5.76 Å². The normalized spacial score (nSPS) is 15.5. The van der Waals surface area contributed by atoms with Crippen LogP contribution in [-0.2, 0) is 11.3 Å². The van der Waals surface area contributed by atoms with Gasteiger partial charge in [0.2, 0.25) is 5.91 Å². The quantitative estimate of drug-likeness (QED) is 0.831. The van der Waals surface area contributed by atoms with E-state index in [4.69, 9.17) is 16.0 Å². The number of carbonyl (C=O) groups excluding carboxylic acids is 1. The fourth-order valence-electron chi connectivity index (χ4n) is 3.03. The molecule has 3 rings (SSSR count). The second kappa shape index (κ2) is 7.66. The SMILES string of the molecule is CCN(Cc1ccco1)C(=O)C1CCN(c2ccc(Cl)nn2)CC1. The number of piperidine rings is 1. The minimum absolute atomic E-state index is 0.0522. The maximum atomic E-state index is 12.8. The van der Waals surface area contributed by atoms with Crippen molar-refractivity contribution in [3.05, 3.63) is 41.4 Å². The molecule has 0 aliphatic carbocycles. The molecular weight excluding hydrogens is 328 g/mol. The van der Waals surface area contributed by atoms with Crippen molar-refractivity contribution in [3.8, 4) is 0 Å². The van der Waals surface area contributed by atoms with Crippen LogP contribution in [0.3, 0.4) is 0 Å². The summed E-state index contributed by atoms with van der Waals surface area (Å²) in [5.41, 5.74) is 0. The molecule has 1 aliphatic rings. The molecule has 2 aromatic rings. The van der Waals surface area contributed by atoms with Crippen molar-refractivity contribution >= 4 is 23.3 Å². The molecule has 1 amide bonds. The van der Waals surface area contributed by atoms with Crippen LogP contribution in [0.15, 0.2) is 34.9 Å². The molecule has 0 bridgehead atoms. The topological polar surface area (TPSA) is 62.5 Å². The first-order valence-electron chi connectivity index (χ1n) is 8.22. The molecule has 1 saturated heterocycles. The molecule has 3 heterocycles. The van der Waals surface area contributed by atoms with Crippen LogP contribution in [0.1, 0.15) is 25.5 Å². The smallest absolute Gasteiger partial charge is 0.226 e. The van der Waals surface area contributed by atoms with Gasteiger partial charge < -0.3 is 14.2 Å². The average Bonchev–Trinajstić information content (AvgIpc) is 3.13. The van der Waals surface area contributed by atoms with Crippen LogP contribution >= 0.6 is 11.6 Å². The Balaban J connectivity index is 1.56. The highest BCUT2D eigenvalue weighted by atomic mass is 35.5. The molecule has 0 N–H and O–H groups in total. The number of furan rings is 1. The van der Waals surface area contributed by atoms with E-state index in [9.17, 15) is 4.79 Å². The molecule has 7 heteroatoms. The van der Waals surface area contributed by atoms with E-state index in [2.05, 4.69) is 15.1 Å². The van der Waals surface area contributed by atoms with Gasteiger partial charge in [0.25, 0.3) is 0 Å². The van der Waals surface area contributed by atoms with Crippen molar-refractivity contribution in [1.82, 2.24) is 15.1 Å². The standard InChI is InChI=1S/C17H21ClN4O2/c1-2-21(12-14-4-3-11-24-14)17(23)13-7-9-22(10-8-13)16-6-5-15(18)19-20-16/h3-6,11,13H,2,7-10,12H2,1H3. The highest BCUT2D eigenvalue weighted by molar-refractivity contribution is 6.29. The van der Waals surface area contributed by atoms with Crippen LogP contribution in [0.2, 0.25) is 5.15 Å². The molecule has 1 aliphatic heterocycles. The van der Waals surface area contributed by atoms with Crippen LogP contribution in [-0.4, -0.2) is 40.6 Å². The Morgan fingerprint density at radius 1 is 1.33 bits per heavy atom. The molecule has 24 heavy (non-hydrogen) atoms. The lowest BCUT2D eigenvalue weighted by molar-refractivity contribution is -0.136. The third-order valence-electron chi connectivity index (χ3n) is 4.41. The fourth-order valence-corrected chi connectivity index (χ4v) is 3.13. The maximum absolute atomic E-state index is 12.8. The van der Waals surface area contributed by atoms with Gasteiger partial charge in [0, 0.05) is 25.6 Å². The zero-order valence-corrected chi connectivity index (χ0v) is 14.4. The van der Waals surface area contributed by atoms with Gasteiger partial charge in [-0.05, 0) is 44.0 Å². The lowest BCUT2D eigenvalue weighted by Gasteiger charge is -2.34. The Labute approximate surface area is 146 Å². The van der Waals surface area contributed by atoms with E-state index >= 15 is 0 Å². The molecule has 6 nitrogen and oxygen atoms in total. The van der Waals surface area contributed by atoms with Crippen molar-refractivity contribution in [2.24, 2.45) is 5.92 Å². The van der Waals surface area contributed by atoms with Gasteiger partial charge in [-0.3, -0.25) is 4.79 Å². The predicted molar refractivity (Wildman–Crippen MR) is 91.8 cm³/mol. The molecule has 1 fully saturated rings. The molecule has 128 valence electrons. The molecular formula is C17H21ClN4O2. The molecule has 0 atom stereocenters. The van der Waals surface area contributed by atoms with E-state index in [1.165, 1.54) is 0 Å². The number of aromatic nitrogens is 2. The lowest BCUT2D eigenvalue weighted by atomic mass is 9.95. The van der Waals surface area contributed by atoms with E-state index in [1.54, 1.807) is 12.3 Å². The summed E-state index contributed by atoms with van der Waals surface area (Å²) in [6.45, 7) is 4.81. The van der Waals surface area contributed by atoms with E-state index in [0.717, 1.165) is 37.5 Å². The third kappa shape index (κ3) is 3.87. The summed E-state index contributed by atoms with van der Waals surface area (Å²) in [5.74, 6) is 1.89. The second-order valence-corrected chi connectivity index (χ2v) is 6.29. The Bertz CT molecular complexity index is 652. The Morgan fingerprint density at radius 3 is 2.71 bits per heavy atom. The van der Waals surface area contributed by atoms with E-state index in [1.807, 2.05) is 30.0 Å². The van der Waals surface area contributed by atoms with Gasteiger partial charge in [-0.1, -0.05) is 11.6 Å². The van der Waals surface area contributed by atoms with Crippen LogP contribution < -0.4 is 4.90 Å². The summed E-state index contributed by atoms with van der Waals surface area (Å²) in [5, 5.41) is 8.38. The number of halogens is 1. The number of nitrogens with zero attached hydrogens (tertiary/aromatic N) is 4. The zero-order valence-electron chi connectivity index (χ0n) is 13.7. The molecule has 0 spiro atoms. The second-order valence-electron chi connectivity index (χ2n) is 5.91. The first kappa shape index (κ1) is 16.8. The molecule has 0 saturated carbocycles. The van der Waals surface area contributed by atoms with Gasteiger partial charge >= 0.3 is 0 Å². The highest BCUT2D eigenvalue weighted by Gasteiger charge is 2.29. The molecule has 0 radical (unpaired) electrons. The van der Waals surface area contributed by atoms with Gasteiger partial charge in [0.05, 0.1) is 12.8 Å². The summed E-state index contributed by atoms with van der Waals surface area (Å²) in [6, 6.07) is 7.35. The lowest BCUT2D eigenvalue weighted by Crippen LogP contribution is -2.42. The van der Waals surface area contributed by atoms with Crippen LogP contribution in [0, 0.1) is 5.92 Å². The largest absolute Gasteiger partial charge is 0.467 e. The van der Waals surface area contributed by atoms with Crippen molar-refractivity contribution in [1.29, 1.82) is 0 Å². The van der Waals surface area contributed by atoms with E-state index < -0.39 is 0 Å². The van der Waals surface area contributed by atoms with Gasteiger partial charge in [0.15, 0.2) is 11.0 Å². The minimum Gasteiger partial charge on any atom is -0.467 e. The molecule has 0 unspecified atom stereocenters. The van der Waals surface area contributed by atoms with Crippen molar-refractivity contribution in [3.63, 3.8) is 0 Å². The number of amides is 1. The van der Waals surface area contributed by atoms with Crippen molar-refractivity contribution < 1.29 is 9.21 Å². The first-order valence-corrected chi connectivity index (χ1v) is 8.60. The van der Waals surface area contributed by atoms with E-state index in [0.29, 0.717) is 18.2 Å². The highest BCUT2D eigenvalue weighted by Crippen LogP contribution is 2.24. The van der Waals surface area contributed by atoms with Crippen LogP contribution in [0.4, 0.5) is 5.82 Å². The summed E-state index contributed by atoms with van der Waals surface area (Å²) >= 11 is 5.77. The zero-order chi connectivity index (χ0) is 16.9. The number of rotatable bonds is 5. The Morgan fingerprint density at radius 2 is 2.12 bits per heavy atom. The molecule has 0 aromatic carbocycles. The van der Waals surface area contributed by atoms with Crippen molar-refractivity contribution in [2.75, 3.05) is 24.5 Å². The number of hydrogen-bond donors (Lipinski definition) is 0. The van der Waals surface area contributed by atoms with Gasteiger partial charge in [-0.2, -0.15) is 0 Å².